The van der Waals surface area contributed by atoms with Gasteiger partial charge >= 0.3 is 5.97 Å². The lowest BCUT2D eigenvalue weighted by molar-refractivity contribution is -0.139. The maximum Gasteiger partial charge on any atom is 0.334 e. The van der Waals surface area contributed by atoms with Crippen molar-refractivity contribution in [3.05, 3.63) is 34.4 Å². The normalized spacial score (nSPS) is 24.9. The van der Waals surface area contributed by atoms with Crippen molar-refractivity contribution in [1.29, 1.82) is 0 Å². The summed E-state index contributed by atoms with van der Waals surface area (Å²) in [4.78, 5) is 11.8. The molecule has 0 amide bonds. The summed E-state index contributed by atoms with van der Waals surface area (Å²) in [5.74, 6) is 1.11. The maximum absolute atomic E-state index is 11.8. The lowest BCUT2D eigenvalue weighted by Gasteiger charge is -2.29. The number of carbonyl (C=O) groups excluding carboxylic acids is 1. The fourth-order valence-electron chi connectivity index (χ4n) is 3.18. The number of aryl methyl sites for hydroxylation is 1. The molecular formula is C16H18O3. The molecule has 1 unspecified atom stereocenters. The standard InChI is InChI=1S/C16H18O3/c1-8-6-14-15(10(3)16(17)19-14)12-5-9(2)13(18-4)7-11(8)12/h5,7-8,14H,6H2,1-4H3/t8?,14-/m0/s1. The summed E-state index contributed by atoms with van der Waals surface area (Å²) in [7, 11) is 1.69. The van der Waals surface area contributed by atoms with Crippen LogP contribution in [0.25, 0.3) is 5.57 Å². The predicted octanol–water partition coefficient (Wildman–Crippen LogP) is 3.21. The molecule has 0 spiro atoms. The molecule has 1 aliphatic carbocycles. The van der Waals surface area contributed by atoms with Crippen LogP contribution in [0.15, 0.2) is 17.7 Å². The van der Waals surface area contributed by atoms with E-state index in [1.165, 1.54) is 5.56 Å². The Morgan fingerprint density at radius 1 is 1.32 bits per heavy atom. The van der Waals surface area contributed by atoms with Crippen molar-refractivity contribution in [1.82, 2.24) is 0 Å². The third-order valence-electron chi connectivity index (χ3n) is 4.24. The summed E-state index contributed by atoms with van der Waals surface area (Å²) in [6.45, 7) is 6.06. The average Bonchev–Trinajstić information content (AvgIpc) is 2.64. The Morgan fingerprint density at radius 3 is 2.74 bits per heavy atom. The molecule has 0 aromatic heterocycles. The van der Waals surface area contributed by atoms with E-state index in [1.54, 1.807) is 7.11 Å². The Kier molecular flexibility index (Phi) is 2.66. The third-order valence-corrected chi connectivity index (χ3v) is 4.24. The molecule has 2 aliphatic rings. The first-order valence-electron chi connectivity index (χ1n) is 6.63. The number of fused-ring (bicyclic) bond motifs is 3. The second kappa shape index (κ2) is 4.12. The molecule has 0 saturated carbocycles. The minimum absolute atomic E-state index is 0.0669. The van der Waals surface area contributed by atoms with Gasteiger partial charge in [-0.3, -0.25) is 0 Å². The Bertz CT molecular complexity index is 598. The zero-order valence-electron chi connectivity index (χ0n) is 11.7. The van der Waals surface area contributed by atoms with Crippen LogP contribution in [0.4, 0.5) is 0 Å². The highest BCUT2D eigenvalue weighted by molar-refractivity contribution is 6.03. The Morgan fingerprint density at radius 2 is 2.05 bits per heavy atom. The highest BCUT2D eigenvalue weighted by Crippen LogP contribution is 2.46. The van der Waals surface area contributed by atoms with Crippen LogP contribution in [-0.2, 0) is 9.53 Å². The van der Waals surface area contributed by atoms with Gasteiger partial charge in [0.15, 0.2) is 0 Å². The lowest BCUT2D eigenvalue weighted by Crippen LogP contribution is -2.20. The first-order chi connectivity index (χ1) is 9.02. The highest BCUT2D eigenvalue weighted by Gasteiger charge is 2.38. The lowest BCUT2D eigenvalue weighted by atomic mass is 9.77. The van der Waals surface area contributed by atoms with Gasteiger partial charge < -0.3 is 9.47 Å². The zero-order chi connectivity index (χ0) is 13.7. The van der Waals surface area contributed by atoms with Crippen LogP contribution in [0.1, 0.15) is 42.9 Å². The molecule has 100 valence electrons. The molecule has 19 heavy (non-hydrogen) atoms. The minimum atomic E-state index is -0.173. The van der Waals surface area contributed by atoms with E-state index in [4.69, 9.17) is 9.47 Å². The van der Waals surface area contributed by atoms with Crippen molar-refractivity contribution in [2.75, 3.05) is 7.11 Å². The van der Waals surface area contributed by atoms with Crippen LogP contribution in [0.5, 0.6) is 5.75 Å². The van der Waals surface area contributed by atoms with Gasteiger partial charge in [-0.2, -0.15) is 0 Å². The molecule has 3 rings (SSSR count). The number of hydrogen-bond acceptors (Lipinski definition) is 3. The molecule has 0 radical (unpaired) electrons. The first-order valence-corrected chi connectivity index (χ1v) is 6.63. The van der Waals surface area contributed by atoms with Crippen molar-refractivity contribution in [2.45, 2.75) is 39.2 Å². The Labute approximate surface area is 113 Å². The van der Waals surface area contributed by atoms with Crippen molar-refractivity contribution in [3.63, 3.8) is 0 Å². The van der Waals surface area contributed by atoms with Crippen molar-refractivity contribution < 1.29 is 14.3 Å². The number of esters is 1. The quantitative estimate of drug-likeness (QED) is 0.726. The van der Waals surface area contributed by atoms with E-state index < -0.39 is 0 Å². The van der Waals surface area contributed by atoms with Gasteiger partial charge in [-0.15, -0.1) is 0 Å². The fourth-order valence-corrected chi connectivity index (χ4v) is 3.18. The number of hydrogen-bond donors (Lipinski definition) is 0. The van der Waals surface area contributed by atoms with Crippen molar-refractivity contribution in [3.8, 4) is 5.75 Å². The molecule has 0 bridgehead atoms. The Hall–Kier alpha value is -1.77. The summed E-state index contributed by atoms with van der Waals surface area (Å²) in [6, 6.07) is 4.23. The maximum atomic E-state index is 11.8. The SMILES string of the molecule is COc1cc2c(cc1C)C1=C(C)C(=O)O[C@H]1CC2C. The highest BCUT2D eigenvalue weighted by atomic mass is 16.5. The number of rotatable bonds is 1. The van der Waals surface area contributed by atoms with E-state index in [-0.39, 0.29) is 12.1 Å². The molecule has 3 heteroatoms. The summed E-state index contributed by atoms with van der Waals surface area (Å²) >= 11 is 0. The molecular weight excluding hydrogens is 240 g/mol. The number of benzene rings is 1. The van der Waals surface area contributed by atoms with Gasteiger partial charge in [-0.25, -0.2) is 4.79 Å². The van der Waals surface area contributed by atoms with Crippen LogP contribution in [0.2, 0.25) is 0 Å². The number of methoxy groups -OCH3 is 1. The van der Waals surface area contributed by atoms with Gasteiger partial charge in [-0.1, -0.05) is 6.92 Å². The summed E-state index contributed by atoms with van der Waals surface area (Å²) in [6.07, 6.45) is 0.792. The summed E-state index contributed by atoms with van der Waals surface area (Å²) < 4.78 is 10.9. The Balaban J connectivity index is 2.24. The van der Waals surface area contributed by atoms with E-state index in [9.17, 15) is 4.79 Å². The van der Waals surface area contributed by atoms with Crippen LogP contribution in [0, 0.1) is 6.92 Å². The van der Waals surface area contributed by atoms with Gasteiger partial charge in [0.05, 0.1) is 7.11 Å². The van der Waals surface area contributed by atoms with E-state index in [0.717, 1.165) is 34.4 Å². The van der Waals surface area contributed by atoms with Crippen LogP contribution >= 0.6 is 0 Å². The van der Waals surface area contributed by atoms with Gasteiger partial charge in [0.2, 0.25) is 0 Å². The zero-order valence-corrected chi connectivity index (χ0v) is 11.7. The molecule has 0 fully saturated rings. The van der Waals surface area contributed by atoms with Crippen molar-refractivity contribution >= 4 is 11.5 Å². The van der Waals surface area contributed by atoms with Crippen LogP contribution in [0.3, 0.4) is 0 Å². The third kappa shape index (κ3) is 1.68. The minimum Gasteiger partial charge on any atom is -0.496 e. The molecule has 3 nitrogen and oxygen atoms in total. The van der Waals surface area contributed by atoms with Gasteiger partial charge in [0, 0.05) is 11.1 Å². The molecule has 2 atom stereocenters. The van der Waals surface area contributed by atoms with Gasteiger partial charge in [0.1, 0.15) is 11.9 Å². The summed E-state index contributed by atoms with van der Waals surface area (Å²) in [5.41, 5.74) is 5.33. The molecule has 1 aromatic rings. The molecule has 1 aliphatic heterocycles. The number of carbonyl (C=O) groups is 1. The smallest absolute Gasteiger partial charge is 0.334 e. The van der Waals surface area contributed by atoms with Gasteiger partial charge in [0.25, 0.3) is 0 Å². The molecule has 1 heterocycles. The largest absolute Gasteiger partial charge is 0.496 e. The summed E-state index contributed by atoms with van der Waals surface area (Å²) in [5, 5.41) is 0. The van der Waals surface area contributed by atoms with Gasteiger partial charge in [-0.05, 0) is 55.0 Å². The average molecular weight is 258 g/mol. The topological polar surface area (TPSA) is 35.5 Å². The number of ether oxygens (including phenoxy) is 2. The van der Waals surface area contributed by atoms with E-state index in [0.29, 0.717) is 5.92 Å². The monoisotopic (exact) mass is 258 g/mol. The fraction of sp³-hybridized carbons (Fsp3) is 0.438. The van der Waals surface area contributed by atoms with Crippen LogP contribution < -0.4 is 4.74 Å². The second-order valence-electron chi connectivity index (χ2n) is 5.48. The molecule has 0 saturated heterocycles. The predicted molar refractivity (Wildman–Crippen MR) is 73.2 cm³/mol. The van der Waals surface area contributed by atoms with E-state index in [2.05, 4.69) is 19.1 Å². The first kappa shape index (κ1) is 12.3. The second-order valence-corrected chi connectivity index (χ2v) is 5.48. The van der Waals surface area contributed by atoms with E-state index in [1.807, 2.05) is 13.8 Å². The molecule has 0 N–H and O–H groups in total. The van der Waals surface area contributed by atoms with Crippen molar-refractivity contribution in [2.24, 2.45) is 0 Å². The van der Waals surface area contributed by atoms with Crippen LogP contribution in [-0.4, -0.2) is 19.2 Å². The molecule has 1 aromatic carbocycles. The van der Waals surface area contributed by atoms with E-state index >= 15 is 0 Å².